The first-order valence-electron chi connectivity index (χ1n) is 11.0. The van der Waals surface area contributed by atoms with E-state index in [1.165, 1.54) is 11.8 Å². The van der Waals surface area contributed by atoms with Gasteiger partial charge in [0.2, 0.25) is 11.8 Å². The highest BCUT2D eigenvalue weighted by atomic mass is 32.2. The molecule has 0 bridgehead atoms. The Morgan fingerprint density at radius 3 is 2.71 bits per heavy atom. The number of thioether (sulfide) groups is 1. The first-order chi connectivity index (χ1) is 15.0. The molecule has 4 rings (SSSR count). The number of carbonyl (C=O) groups excluding carboxylic acids is 2. The summed E-state index contributed by atoms with van der Waals surface area (Å²) in [5, 5.41) is 4.03. The number of nitrogens with zero attached hydrogens (tertiary/aromatic N) is 2. The molecule has 0 aliphatic carbocycles. The Morgan fingerprint density at radius 2 is 1.97 bits per heavy atom. The number of amides is 2. The van der Waals surface area contributed by atoms with Crippen molar-refractivity contribution in [1.82, 2.24) is 14.8 Å². The zero-order valence-electron chi connectivity index (χ0n) is 18.2. The summed E-state index contributed by atoms with van der Waals surface area (Å²) in [6.07, 6.45) is 4.31. The molecule has 2 fully saturated rings. The van der Waals surface area contributed by atoms with E-state index in [1.54, 1.807) is 0 Å². The Hall–Kier alpha value is -2.03. The lowest BCUT2D eigenvalue weighted by atomic mass is 10.2. The lowest BCUT2D eigenvalue weighted by Crippen LogP contribution is -2.49. The van der Waals surface area contributed by atoms with E-state index in [1.807, 2.05) is 53.8 Å². The summed E-state index contributed by atoms with van der Waals surface area (Å²) < 4.78 is 13.3. The molecular formula is C23H31N3O4S. The maximum absolute atomic E-state index is 13.0. The molecule has 3 heterocycles. The van der Waals surface area contributed by atoms with Crippen molar-refractivity contribution < 1.29 is 19.1 Å². The molecule has 1 aromatic carbocycles. The van der Waals surface area contributed by atoms with Crippen molar-refractivity contribution in [3.63, 3.8) is 0 Å². The summed E-state index contributed by atoms with van der Waals surface area (Å²) in [5.74, 6) is 0.436. The number of hydrogen-bond acceptors (Lipinski definition) is 5. The van der Waals surface area contributed by atoms with E-state index in [4.69, 9.17) is 9.47 Å². The first-order valence-corrected chi connectivity index (χ1v) is 12.0. The van der Waals surface area contributed by atoms with Gasteiger partial charge >= 0.3 is 0 Å². The van der Waals surface area contributed by atoms with E-state index in [-0.39, 0.29) is 36.7 Å². The maximum atomic E-state index is 13.0. The molecule has 2 saturated heterocycles. The molecule has 1 aromatic heterocycles. The second kappa shape index (κ2) is 10.1. The molecule has 0 spiro atoms. The molecule has 0 saturated carbocycles. The van der Waals surface area contributed by atoms with Crippen molar-refractivity contribution >= 4 is 34.5 Å². The highest BCUT2D eigenvalue weighted by Crippen LogP contribution is 2.30. The summed E-state index contributed by atoms with van der Waals surface area (Å²) in [7, 11) is 0. The normalized spacial score (nSPS) is 23.9. The van der Waals surface area contributed by atoms with Crippen LogP contribution in [0.15, 0.2) is 35.4 Å². The smallest absolute Gasteiger partial charge is 0.242 e. The number of morpholine rings is 1. The quantitative estimate of drug-likeness (QED) is 0.664. The minimum Gasteiger partial charge on any atom is -0.376 e. The van der Waals surface area contributed by atoms with Crippen LogP contribution in [0.2, 0.25) is 0 Å². The third-order valence-electron chi connectivity index (χ3n) is 5.74. The number of rotatable bonds is 7. The molecule has 31 heavy (non-hydrogen) atoms. The third-order valence-corrected chi connectivity index (χ3v) is 6.78. The fourth-order valence-electron chi connectivity index (χ4n) is 4.31. The molecule has 2 amide bonds. The topological polar surface area (TPSA) is 72.8 Å². The van der Waals surface area contributed by atoms with Crippen LogP contribution in [-0.4, -0.2) is 71.6 Å². The molecule has 2 aromatic rings. The number of aromatic nitrogens is 1. The molecule has 2 aliphatic rings. The molecule has 7 nitrogen and oxygen atoms in total. The summed E-state index contributed by atoms with van der Waals surface area (Å²) in [5.41, 5.74) is 1.01. The van der Waals surface area contributed by atoms with Crippen LogP contribution >= 0.6 is 11.8 Å². The van der Waals surface area contributed by atoms with Gasteiger partial charge in [0.25, 0.3) is 0 Å². The van der Waals surface area contributed by atoms with Gasteiger partial charge in [-0.3, -0.25) is 9.59 Å². The van der Waals surface area contributed by atoms with Gasteiger partial charge in [-0.05, 0) is 32.8 Å². The van der Waals surface area contributed by atoms with Gasteiger partial charge in [0.15, 0.2) is 0 Å². The molecule has 168 valence electrons. The van der Waals surface area contributed by atoms with Gasteiger partial charge in [-0.25, -0.2) is 0 Å². The highest BCUT2D eigenvalue weighted by Gasteiger charge is 2.26. The van der Waals surface area contributed by atoms with Crippen molar-refractivity contribution in [2.45, 2.75) is 56.4 Å². The number of hydrogen-bond donors (Lipinski definition) is 1. The van der Waals surface area contributed by atoms with E-state index in [0.717, 1.165) is 35.2 Å². The average Bonchev–Trinajstić information content (AvgIpc) is 3.38. The summed E-state index contributed by atoms with van der Waals surface area (Å²) >= 11 is 1.51. The van der Waals surface area contributed by atoms with Crippen LogP contribution in [0.1, 0.15) is 26.7 Å². The van der Waals surface area contributed by atoms with E-state index in [0.29, 0.717) is 25.4 Å². The lowest BCUT2D eigenvalue weighted by Gasteiger charge is -2.35. The van der Waals surface area contributed by atoms with Gasteiger partial charge < -0.3 is 24.3 Å². The largest absolute Gasteiger partial charge is 0.376 e. The molecule has 8 heteroatoms. The van der Waals surface area contributed by atoms with Gasteiger partial charge in [0, 0.05) is 48.2 Å². The second-order valence-electron chi connectivity index (χ2n) is 8.42. The van der Waals surface area contributed by atoms with E-state index in [2.05, 4.69) is 5.32 Å². The third kappa shape index (κ3) is 5.61. The monoisotopic (exact) mass is 445 g/mol. The Kier molecular flexibility index (Phi) is 7.20. The molecule has 2 aliphatic heterocycles. The lowest BCUT2D eigenvalue weighted by molar-refractivity contribution is -0.143. The maximum Gasteiger partial charge on any atom is 0.242 e. The van der Waals surface area contributed by atoms with Crippen LogP contribution < -0.4 is 5.32 Å². The Morgan fingerprint density at radius 1 is 1.19 bits per heavy atom. The summed E-state index contributed by atoms with van der Waals surface area (Å²) in [6, 6.07) is 8.03. The van der Waals surface area contributed by atoms with Crippen LogP contribution in [-0.2, 0) is 25.6 Å². The van der Waals surface area contributed by atoms with Crippen LogP contribution in [0.4, 0.5) is 0 Å². The highest BCUT2D eigenvalue weighted by molar-refractivity contribution is 8.00. The van der Waals surface area contributed by atoms with E-state index >= 15 is 0 Å². The minimum atomic E-state index is 0.00435. The first kappa shape index (κ1) is 22.2. The summed E-state index contributed by atoms with van der Waals surface area (Å²) in [4.78, 5) is 28.2. The molecule has 1 N–H and O–H groups in total. The number of para-hydroxylation sites is 1. The van der Waals surface area contributed by atoms with Crippen LogP contribution in [0.25, 0.3) is 10.9 Å². The molecule has 0 radical (unpaired) electrons. The Labute approximate surface area is 187 Å². The molecular weight excluding hydrogens is 414 g/mol. The number of benzene rings is 1. The number of ether oxygens (including phenoxy) is 2. The standard InChI is InChI=1S/C23H31N3O4S/c1-16-11-26(12-17(2)30-16)23(28)14-25-13-21(19-7-3-4-8-20(19)25)31-15-22(27)24-10-18-6-5-9-29-18/h3-4,7-8,13,16-18H,5-6,9-12,14-15H2,1-2H3,(H,24,27)/t16-,17-,18-/m1/s1. The van der Waals surface area contributed by atoms with Gasteiger partial charge in [-0.15, -0.1) is 11.8 Å². The van der Waals surface area contributed by atoms with Gasteiger partial charge in [0.1, 0.15) is 6.54 Å². The minimum absolute atomic E-state index is 0.00435. The van der Waals surface area contributed by atoms with Crippen molar-refractivity contribution in [2.24, 2.45) is 0 Å². The zero-order valence-corrected chi connectivity index (χ0v) is 19.0. The van der Waals surface area contributed by atoms with Crippen molar-refractivity contribution in [3.05, 3.63) is 30.5 Å². The Balaban J connectivity index is 1.39. The van der Waals surface area contributed by atoms with Crippen molar-refractivity contribution in [3.8, 4) is 0 Å². The van der Waals surface area contributed by atoms with Gasteiger partial charge in [-0.2, -0.15) is 0 Å². The summed E-state index contributed by atoms with van der Waals surface area (Å²) in [6.45, 7) is 6.89. The van der Waals surface area contributed by atoms with Gasteiger partial charge in [0.05, 0.1) is 24.1 Å². The number of nitrogens with one attached hydrogen (secondary N) is 1. The number of fused-ring (bicyclic) bond motifs is 1. The average molecular weight is 446 g/mol. The predicted molar refractivity (Wildman–Crippen MR) is 121 cm³/mol. The van der Waals surface area contributed by atoms with E-state index < -0.39 is 0 Å². The van der Waals surface area contributed by atoms with Gasteiger partial charge in [-0.1, -0.05) is 18.2 Å². The second-order valence-corrected chi connectivity index (χ2v) is 9.44. The molecule has 0 unspecified atom stereocenters. The fraction of sp³-hybridized carbons (Fsp3) is 0.565. The zero-order chi connectivity index (χ0) is 21.8. The molecule has 3 atom stereocenters. The van der Waals surface area contributed by atoms with Crippen molar-refractivity contribution in [1.29, 1.82) is 0 Å². The number of carbonyl (C=O) groups is 2. The predicted octanol–water partition coefficient (Wildman–Crippen LogP) is 2.66. The van der Waals surface area contributed by atoms with Crippen LogP contribution in [0.5, 0.6) is 0 Å². The van der Waals surface area contributed by atoms with Crippen LogP contribution in [0, 0.1) is 0 Å². The fourth-order valence-corrected chi connectivity index (χ4v) is 5.23. The Bertz CT molecular complexity index is 915. The van der Waals surface area contributed by atoms with Crippen LogP contribution in [0.3, 0.4) is 0 Å². The van der Waals surface area contributed by atoms with E-state index in [9.17, 15) is 9.59 Å². The SMILES string of the molecule is C[C@@H]1CN(C(=O)Cn2cc(SCC(=O)NC[C@H]3CCCO3)c3ccccc32)C[C@@H](C)O1. The van der Waals surface area contributed by atoms with Crippen molar-refractivity contribution in [2.75, 3.05) is 32.0 Å².